The van der Waals surface area contributed by atoms with Crippen molar-refractivity contribution in [1.82, 2.24) is 15.1 Å². The van der Waals surface area contributed by atoms with Crippen molar-refractivity contribution in [3.05, 3.63) is 29.3 Å². The van der Waals surface area contributed by atoms with E-state index in [-0.39, 0.29) is 6.04 Å². The monoisotopic (exact) mass is 249 g/mol. The van der Waals surface area contributed by atoms with Gasteiger partial charge in [0.2, 0.25) is 0 Å². The van der Waals surface area contributed by atoms with Crippen molar-refractivity contribution >= 4 is 0 Å². The van der Waals surface area contributed by atoms with Gasteiger partial charge >= 0.3 is 0 Å². The summed E-state index contributed by atoms with van der Waals surface area (Å²) in [6.45, 7) is 6.08. The maximum atomic E-state index is 5.48. The molecule has 18 heavy (non-hydrogen) atoms. The SMILES string of the molecule is CCNC(C1=COCCC1)c1cn(C)nc1CC. The standard InChI is InChI=1S/C14H23N3O/c1-4-13-12(9-17(3)16-13)14(15-5-2)11-7-6-8-18-10-11/h9-10,14-15H,4-8H2,1-3H3. The van der Waals surface area contributed by atoms with E-state index < -0.39 is 0 Å². The van der Waals surface area contributed by atoms with Gasteiger partial charge < -0.3 is 10.1 Å². The van der Waals surface area contributed by atoms with Gasteiger partial charge in [0.15, 0.2) is 0 Å². The number of hydrogen-bond donors (Lipinski definition) is 1. The van der Waals surface area contributed by atoms with Crippen molar-refractivity contribution in [3.63, 3.8) is 0 Å². The average molecular weight is 249 g/mol. The molecule has 0 saturated heterocycles. The molecule has 1 atom stereocenters. The minimum Gasteiger partial charge on any atom is -0.501 e. The van der Waals surface area contributed by atoms with Crippen LogP contribution in [-0.4, -0.2) is 22.9 Å². The highest BCUT2D eigenvalue weighted by atomic mass is 16.5. The molecule has 1 unspecified atom stereocenters. The lowest BCUT2D eigenvalue weighted by molar-refractivity contribution is 0.219. The first-order valence-electron chi connectivity index (χ1n) is 6.82. The summed E-state index contributed by atoms with van der Waals surface area (Å²) >= 11 is 0. The van der Waals surface area contributed by atoms with E-state index in [1.54, 1.807) is 0 Å². The summed E-state index contributed by atoms with van der Waals surface area (Å²) in [6, 6.07) is 0.249. The van der Waals surface area contributed by atoms with Gasteiger partial charge in [-0.2, -0.15) is 5.10 Å². The highest BCUT2D eigenvalue weighted by Gasteiger charge is 2.22. The highest BCUT2D eigenvalue weighted by molar-refractivity contribution is 5.30. The summed E-state index contributed by atoms with van der Waals surface area (Å²) in [7, 11) is 1.98. The van der Waals surface area contributed by atoms with Crippen molar-refractivity contribution in [2.45, 2.75) is 39.2 Å². The molecule has 0 amide bonds. The van der Waals surface area contributed by atoms with Crippen LogP contribution in [0.2, 0.25) is 0 Å². The minimum atomic E-state index is 0.249. The van der Waals surface area contributed by atoms with Crippen LogP contribution in [0, 0.1) is 0 Å². The van der Waals surface area contributed by atoms with Crippen molar-refractivity contribution in [2.24, 2.45) is 7.05 Å². The summed E-state index contributed by atoms with van der Waals surface area (Å²) in [6.07, 6.45) is 7.24. The topological polar surface area (TPSA) is 39.1 Å². The number of rotatable bonds is 5. The third-order valence-corrected chi connectivity index (χ3v) is 3.32. The first-order valence-corrected chi connectivity index (χ1v) is 6.82. The van der Waals surface area contributed by atoms with E-state index in [1.165, 1.54) is 16.8 Å². The molecule has 0 aromatic carbocycles. The summed E-state index contributed by atoms with van der Waals surface area (Å²) in [5.74, 6) is 0. The van der Waals surface area contributed by atoms with Crippen LogP contribution in [0.4, 0.5) is 0 Å². The molecule has 0 saturated carbocycles. The summed E-state index contributed by atoms with van der Waals surface area (Å²) in [5.41, 5.74) is 3.80. The summed E-state index contributed by atoms with van der Waals surface area (Å²) < 4.78 is 7.39. The molecule has 4 heteroatoms. The Morgan fingerprint density at radius 2 is 2.33 bits per heavy atom. The average Bonchev–Trinajstić information content (AvgIpc) is 2.78. The maximum Gasteiger partial charge on any atom is 0.0876 e. The van der Waals surface area contributed by atoms with Crippen molar-refractivity contribution < 1.29 is 4.74 Å². The molecule has 1 aromatic rings. The lowest BCUT2D eigenvalue weighted by Crippen LogP contribution is -2.25. The largest absolute Gasteiger partial charge is 0.501 e. The molecule has 0 spiro atoms. The molecular formula is C14H23N3O. The molecule has 4 nitrogen and oxygen atoms in total. The molecule has 1 aromatic heterocycles. The van der Waals surface area contributed by atoms with E-state index in [0.717, 1.165) is 32.4 Å². The fraction of sp³-hybridized carbons (Fsp3) is 0.643. The zero-order valence-electron chi connectivity index (χ0n) is 11.6. The highest BCUT2D eigenvalue weighted by Crippen LogP contribution is 2.29. The molecule has 0 aliphatic carbocycles. The number of aromatic nitrogens is 2. The predicted octanol–water partition coefficient (Wildman–Crippen LogP) is 2.33. The van der Waals surface area contributed by atoms with E-state index in [0.29, 0.717) is 0 Å². The van der Waals surface area contributed by atoms with Gasteiger partial charge in [0.25, 0.3) is 0 Å². The van der Waals surface area contributed by atoms with E-state index >= 15 is 0 Å². The van der Waals surface area contributed by atoms with Crippen molar-refractivity contribution in [2.75, 3.05) is 13.2 Å². The second kappa shape index (κ2) is 6.05. The molecule has 1 aliphatic heterocycles. The molecule has 100 valence electrons. The van der Waals surface area contributed by atoms with Crippen LogP contribution >= 0.6 is 0 Å². The van der Waals surface area contributed by atoms with Gasteiger partial charge in [0.1, 0.15) is 0 Å². The third kappa shape index (κ3) is 2.75. The van der Waals surface area contributed by atoms with Crippen LogP contribution in [0.1, 0.15) is 44.0 Å². The van der Waals surface area contributed by atoms with Crippen molar-refractivity contribution in [3.8, 4) is 0 Å². The molecule has 1 N–H and O–H groups in total. The van der Waals surface area contributed by atoms with E-state index in [2.05, 4.69) is 30.5 Å². The van der Waals surface area contributed by atoms with Gasteiger partial charge in [-0.25, -0.2) is 0 Å². The minimum absolute atomic E-state index is 0.249. The van der Waals surface area contributed by atoms with Crippen molar-refractivity contribution in [1.29, 1.82) is 0 Å². The van der Waals surface area contributed by atoms with Crippen LogP contribution < -0.4 is 5.32 Å². The predicted molar refractivity (Wildman–Crippen MR) is 72.3 cm³/mol. The zero-order valence-corrected chi connectivity index (χ0v) is 11.6. The number of ether oxygens (including phenoxy) is 1. The normalized spacial score (nSPS) is 17.2. The number of aryl methyl sites for hydroxylation is 2. The van der Waals surface area contributed by atoms with Crippen LogP contribution in [0.3, 0.4) is 0 Å². The Morgan fingerprint density at radius 1 is 1.50 bits per heavy atom. The van der Waals surface area contributed by atoms with Gasteiger partial charge in [-0.15, -0.1) is 0 Å². The Morgan fingerprint density at radius 3 is 2.94 bits per heavy atom. The van der Waals surface area contributed by atoms with Gasteiger partial charge in [0, 0.05) is 18.8 Å². The Bertz CT molecular complexity index is 423. The number of nitrogens with one attached hydrogen (secondary N) is 1. The molecule has 0 radical (unpaired) electrons. The first kappa shape index (κ1) is 13.1. The number of likely N-dealkylation sites (N-methyl/N-ethyl adjacent to an activating group) is 1. The van der Waals surface area contributed by atoms with Crippen LogP contribution in [0.25, 0.3) is 0 Å². The summed E-state index contributed by atoms with van der Waals surface area (Å²) in [5, 5.41) is 8.09. The fourth-order valence-electron chi connectivity index (χ4n) is 2.51. The van der Waals surface area contributed by atoms with E-state index in [4.69, 9.17) is 4.74 Å². The molecular weight excluding hydrogens is 226 g/mol. The second-order valence-corrected chi connectivity index (χ2v) is 4.72. The molecule has 2 heterocycles. The quantitative estimate of drug-likeness (QED) is 0.870. The lowest BCUT2D eigenvalue weighted by Gasteiger charge is -2.24. The Balaban J connectivity index is 2.30. The van der Waals surface area contributed by atoms with Gasteiger partial charge in [-0.3, -0.25) is 4.68 Å². The maximum absolute atomic E-state index is 5.48. The Labute approximate surface area is 109 Å². The van der Waals surface area contributed by atoms with E-state index in [9.17, 15) is 0 Å². The third-order valence-electron chi connectivity index (χ3n) is 3.32. The van der Waals surface area contributed by atoms with E-state index in [1.807, 2.05) is 18.0 Å². The smallest absolute Gasteiger partial charge is 0.0876 e. The Kier molecular flexibility index (Phi) is 4.42. The van der Waals surface area contributed by atoms with Gasteiger partial charge in [0.05, 0.1) is 24.6 Å². The number of nitrogens with zero attached hydrogens (tertiary/aromatic N) is 2. The van der Waals surface area contributed by atoms with Crippen LogP contribution in [0.15, 0.2) is 18.0 Å². The van der Waals surface area contributed by atoms with Crippen LogP contribution in [0.5, 0.6) is 0 Å². The first-order chi connectivity index (χ1) is 8.76. The number of hydrogen-bond acceptors (Lipinski definition) is 3. The second-order valence-electron chi connectivity index (χ2n) is 4.72. The summed E-state index contributed by atoms with van der Waals surface area (Å²) in [4.78, 5) is 0. The fourth-order valence-corrected chi connectivity index (χ4v) is 2.51. The van der Waals surface area contributed by atoms with Crippen LogP contribution in [-0.2, 0) is 18.2 Å². The molecule has 2 rings (SSSR count). The molecule has 0 bridgehead atoms. The lowest BCUT2D eigenvalue weighted by atomic mass is 9.95. The zero-order chi connectivity index (χ0) is 13.0. The Hall–Kier alpha value is -1.29. The van der Waals surface area contributed by atoms with Gasteiger partial charge in [-0.05, 0) is 31.4 Å². The molecule has 0 fully saturated rings. The van der Waals surface area contributed by atoms with Gasteiger partial charge in [-0.1, -0.05) is 13.8 Å². The molecule has 1 aliphatic rings.